The molecule has 0 radical (unpaired) electrons. The molecule has 2 N–H and O–H groups in total. The second-order valence-corrected chi connectivity index (χ2v) is 7.20. The molecule has 2 saturated heterocycles. The number of halogens is 1. The maximum atomic E-state index is 12.5. The summed E-state index contributed by atoms with van der Waals surface area (Å²) in [4.78, 5) is 26.7. The molecule has 0 saturated carbocycles. The molecule has 2 fully saturated rings. The molecular formula is C11H11ClN4O4S. The van der Waals surface area contributed by atoms with Gasteiger partial charge in [-0.3, -0.25) is 15.1 Å². The first kappa shape index (κ1) is 14.2. The Kier molecular flexibility index (Phi) is 3.15. The Morgan fingerprint density at radius 1 is 1.38 bits per heavy atom. The van der Waals surface area contributed by atoms with Crippen molar-refractivity contribution in [1.29, 1.82) is 0 Å². The fourth-order valence-corrected chi connectivity index (χ4v) is 4.39. The summed E-state index contributed by atoms with van der Waals surface area (Å²) in [5.41, 5.74) is -1.20. The molecule has 8 nitrogen and oxygen atoms in total. The second-order valence-electron chi connectivity index (χ2n) is 4.89. The number of urea groups is 1. The lowest BCUT2D eigenvalue weighted by Crippen LogP contribution is -2.49. The van der Waals surface area contributed by atoms with Gasteiger partial charge in [-0.05, 0) is 12.5 Å². The Morgan fingerprint density at radius 3 is 2.76 bits per heavy atom. The van der Waals surface area contributed by atoms with Crippen LogP contribution in [-0.4, -0.2) is 48.3 Å². The van der Waals surface area contributed by atoms with Crippen LogP contribution in [0.5, 0.6) is 0 Å². The highest BCUT2D eigenvalue weighted by molar-refractivity contribution is 7.89. The number of rotatable bonds is 2. The van der Waals surface area contributed by atoms with Gasteiger partial charge in [-0.1, -0.05) is 11.6 Å². The standard InChI is InChI=1S/C11H11ClN4O4S/c12-7-1-3-13-5-8(7)21(19,20)16-4-2-11(6-16)9(17)14-10(18)15-11/h1,3,5H,2,4,6H2,(H2,14,15,17,18). The van der Waals surface area contributed by atoms with E-state index in [0.717, 1.165) is 10.5 Å². The molecule has 1 atom stereocenters. The molecule has 0 aliphatic carbocycles. The van der Waals surface area contributed by atoms with E-state index in [9.17, 15) is 18.0 Å². The molecule has 0 bridgehead atoms. The number of carbonyl (C=O) groups excluding carboxylic acids is 2. The predicted octanol–water partition coefficient (Wildman–Crippen LogP) is -0.292. The van der Waals surface area contributed by atoms with Crippen LogP contribution >= 0.6 is 11.6 Å². The first-order valence-electron chi connectivity index (χ1n) is 6.08. The molecule has 1 aromatic rings. The number of pyridine rings is 1. The van der Waals surface area contributed by atoms with Crippen molar-refractivity contribution in [2.75, 3.05) is 13.1 Å². The van der Waals surface area contributed by atoms with Crippen LogP contribution in [0.4, 0.5) is 4.79 Å². The maximum Gasteiger partial charge on any atom is 0.322 e. The Labute approximate surface area is 125 Å². The fraction of sp³-hybridized carbons (Fsp3) is 0.364. The van der Waals surface area contributed by atoms with Crippen molar-refractivity contribution in [3.63, 3.8) is 0 Å². The third-order valence-corrected chi connectivity index (χ3v) is 5.91. The van der Waals surface area contributed by atoms with Gasteiger partial charge < -0.3 is 5.32 Å². The molecular weight excluding hydrogens is 320 g/mol. The van der Waals surface area contributed by atoms with E-state index in [4.69, 9.17) is 11.6 Å². The van der Waals surface area contributed by atoms with Crippen molar-refractivity contribution in [3.8, 4) is 0 Å². The van der Waals surface area contributed by atoms with Crippen LogP contribution in [0.2, 0.25) is 5.02 Å². The first-order valence-corrected chi connectivity index (χ1v) is 7.90. The number of hydrogen-bond acceptors (Lipinski definition) is 5. The third-order valence-electron chi connectivity index (χ3n) is 3.60. The van der Waals surface area contributed by atoms with Crippen molar-refractivity contribution in [2.45, 2.75) is 16.9 Å². The lowest BCUT2D eigenvalue weighted by Gasteiger charge is -2.21. The first-order chi connectivity index (χ1) is 9.85. The van der Waals surface area contributed by atoms with Gasteiger partial charge in [0.25, 0.3) is 5.91 Å². The van der Waals surface area contributed by atoms with E-state index in [1.807, 2.05) is 0 Å². The van der Waals surface area contributed by atoms with Crippen molar-refractivity contribution >= 4 is 33.6 Å². The Hall–Kier alpha value is -1.71. The van der Waals surface area contributed by atoms with Crippen LogP contribution in [0, 0.1) is 0 Å². The molecule has 1 spiro atoms. The number of hydrogen-bond donors (Lipinski definition) is 2. The molecule has 10 heteroatoms. The average Bonchev–Trinajstić information content (AvgIpc) is 2.95. The van der Waals surface area contributed by atoms with Crippen molar-refractivity contribution in [1.82, 2.24) is 19.9 Å². The van der Waals surface area contributed by atoms with Gasteiger partial charge in [0.15, 0.2) is 0 Å². The molecule has 3 rings (SSSR count). The summed E-state index contributed by atoms with van der Waals surface area (Å²) in [6, 6.07) is 0.767. The molecule has 3 amide bonds. The average molecular weight is 331 g/mol. The van der Waals surface area contributed by atoms with E-state index in [-0.39, 0.29) is 29.4 Å². The number of amides is 3. The SMILES string of the molecule is O=C1NC(=O)C2(CCN(S(=O)(=O)c3cnccc3Cl)C2)N1. The van der Waals surface area contributed by atoms with Gasteiger partial charge >= 0.3 is 6.03 Å². The summed E-state index contributed by atoms with van der Waals surface area (Å²) in [6.07, 6.45) is 2.76. The van der Waals surface area contributed by atoms with Crippen LogP contribution in [0.15, 0.2) is 23.4 Å². The van der Waals surface area contributed by atoms with Gasteiger partial charge in [0.05, 0.1) is 5.02 Å². The zero-order chi connectivity index (χ0) is 15.3. The topological polar surface area (TPSA) is 108 Å². The van der Waals surface area contributed by atoms with E-state index in [1.165, 1.54) is 12.3 Å². The molecule has 1 aromatic heterocycles. The van der Waals surface area contributed by atoms with Crippen LogP contribution in [0.25, 0.3) is 0 Å². The summed E-state index contributed by atoms with van der Waals surface area (Å²) in [5, 5.41) is 4.68. The number of imide groups is 1. The minimum absolute atomic E-state index is 0.0610. The Bertz CT molecular complexity index is 737. The highest BCUT2D eigenvalue weighted by atomic mass is 35.5. The zero-order valence-electron chi connectivity index (χ0n) is 10.7. The molecule has 2 aliphatic heterocycles. The van der Waals surface area contributed by atoms with Gasteiger partial charge in [0, 0.05) is 25.5 Å². The van der Waals surface area contributed by atoms with Crippen molar-refractivity contribution in [2.24, 2.45) is 0 Å². The lowest BCUT2D eigenvalue weighted by molar-refractivity contribution is -0.123. The number of nitrogens with one attached hydrogen (secondary N) is 2. The van der Waals surface area contributed by atoms with E-state index >= 15 is 0 Å². The number of carbonyl (C=O) groups is 2. The van der Waals surface area contributed by atoms with E-state index in [1.54, 1.807) is 0 Å². The Morgan fingerprint density at radius 2 is 2.14 bits per heavy atom. The van der Waals surface area contributed by atoms with Crippen LogP contribution in [0.3, 0.4) is 0 Å². The Balaban J connectivity index is 1.92. The second kappa shape index (κ2) is 4.65. The highest BCUT2D eigenvalue weighted by Gasteiger charge is 2.53. The van der Waals surface area contributed by atoms with E-state index in [2.05, 4.69) is 15.6 Å². The van der Waals surface area contributed by atoms with E-state index < -0.39 is 27.5 Å². The van der Waals surface area contributed by atoms with Crippen molar-refractivity contribution in [3.05, 3.63) is 23.5 Å². The minimum atomic E-state index is -3.87. The monoisotopic (exact) mass is 330 g/mol. The largest absolute Gasteiger partial charge is 0.322 e. The van der Waals surface area contributed by atoms with Gasteiger partial charge in [-0.15, -0.1) is 0 Å². The molecule has 3 heterocycles. The van der Waals surface area contributed by atoms with Gasteiger partial charge in [-0.2, -0.15) is 4.31 Å². The summed E-state index contributed by atoms with van der Waals surface area (Å²) >= 11 is 5.90. The smallest absolute Gasteiger partial charge is 0.322 e. The summed E-state index contributed by atoms with van der Waals surface area (Å²) in [5.74, 6) is -0.512. The minimum Gasteiger partial charge on any atom is -0.322 e. The van der Waals surface area contributed by atoms with Crippen LogP contribution < -0.4 is 10.6 Å². The predicted molar refractivity (Wildman–Crippen MR) is 72.0 cm³/mol. The van der Waals surface area contributed by atoms with Gasteiger partial charge in [0.2, 0.25) is 10.0 Å². The quantitative estimate of drug-likeness (QED) is 0.724. The summed E-state index contributed by atoms with van der Waals surface area (Å²) < 4.78 is 26.2. The molecule has 2 aliphatic rings. The van der Waals surface area contributed by atoms with Gasteiger partial charge in [0.1, 0.15) is 10.4 Å². The summed E-state index contributed by atoms with van der Waals surface area (Å²) in [6.45, 7) is -0.0145. The van der Waals surface area contributed by atoms with Crippen LogP contribution in [-0.2, 0) is 14.8 Å². The third kappa shape index (κ3) is 2.17. The van der Waals surface area contributed by atoms with Crippen molar-refractivity contribution < 1.29 is 18.0 Å². The highest BCUT2D eigenvalue weighted by Crippen LogP contribution is 2.31. The molecule has 112 valence electrons. The molecule has 0 aromatic carbocycles. The molecule has 1 unspecified atom stereocenters. The maximum absolute atomic E-state index is 12.5. The number of aromatic nitrogens is 1. The fourth-order valence-electron chi connectivity index (χ4n) is 2.49. The van der Waals surface area contributed by atoms with Gasteiger partial charge in [-0.25, -0.2) is 13.2 Å². The van der Waals surface area contributed by atoms with E-state index in [0.29, 0.717) is 0 Å². The van der Waals surface area contributed by atoms with Crippen LogP contribution in [0.1, 0.15) is 6.42 Å². The molecule has 21 heavy (non-hydrogen) atoms. The normalized spacial score (nSPS) is 26.1. The number of nitrogens with zero attached hydrogens (tertiary/aromatic N) is 2. The summed E-state index contributed by atoms with van der Waals surface area (Å²) in [7, 11) is -3.87. The zero-order valence-corrected chi connectivity index (χ0v) is 12.2. The number of sulfonamides is 1. The lowest BCUT2D eigenvalue weighted by atomic mass is 10.00.